The van der Waals surface area contributed by atoms with Crippen molar-refractivity contribution in [1.82, 2.24) is 4.90 Å². The molecule has 0 fully saturated rings. The summed E-state index contributed by atoms with van der Waals surface area (Å²) in [6.45, 7) is 1.02. The number of likely N-dealkylation sites (N-methyl/N-ethyl adjacent to an activating group) is 1. The van der Waals surface area contributed by atoms with Crippen LogP contribution in [0.2, 0.25) is 5.02 Å². The van der Waals surface area contributed by atoms with Crippen LogP contribution >= 0.6 is 11.6 Å². The maximum Gasteiger partial charge on any atom is 0.255 e. The second-order valence-electron chi connectivity index (χ2n) is 3.77. The predicted molar refractivity (Wildman–Crippen MR) is 70.7 cm³/mol. The lowest BCUT2D eigenvalue weighted by Gasteiger charge is -2.18. The van der Waals surface area contributed by atoms with Crippen molar-refractivity contribution in [3.8, 4) is 0 Å². The van der Waals surface area contributed by atoms with E-state index >= 15 is 0 Å². The van der Waals surface area contributed by atoms with E-state index < -0.39 is 0 Å². The topological polar surface area (TPSA) is 75.8 Å². The van der Waals surface area contributed by atoms with Gasteiger partial charge in [-0.3, -0.25) is 4.79 Å². The Labute approximate surface area is 111 Å². The molecule has 1 aromatic rings. The van der Waals surface area contributed by atoms with E-state index in [9.17, 15) is 4.79 Å². The first-order valence-electron chi connectivity index (χ1n) is 5.56. The van der Waals surface area contributed by atoms with Crippen LogP contribution in [0.1, 0.15) is 10.4 Å². The van der Waals surface area contributed by atoms with Gasteiger partial charge < -0.3 is 20.5 Å². The van der Waals surface area contributed by atoms with Gasteiger partial charge in [-0.25, -0.2) is 0 Å². The van der Waals surface area contributed by atoms with E-state index in [0.717, 1.165) is 0 Å². The predicted octanol–water partition coefficient (Wildman–Crippen LogP) is 1.00. The lowest BCUT2D eigenvalue weighted by Crippen LogP contribution is -2.30. The summed E-state index contributed by atoms with van der Waals surface area (Å²) in [6.07, 6.45) is 0. The largest absolute Gasteiger partial charge is 0.398 e. The Hall–Kier alpha value is -1.30. The fourth-order valence-electron chi connectivity index (χ4n) is 1.39. The molecule has 5 nitrogen and oxygen atoms in total. The number of hydrogen-bond donors (Lipinski definition) is 2. The first-order chi connectivity index (χ1) is 8.57. The molecule has 1 rings (SSSR count). The van der Waals surface area contributed by atoms with Crippen LogP contribution in [-0.4, -0.2) is 49.3 Å². The highest BCUT2D eigenvalue weighted by atomic mass is 35.5. The number of carbonyl (C=O) groups is 1. The molecule has 1 aromatic carbocycles. The highest BCUT2D eigenvalue weighted by Crippen LogP contribution is 2.23. The zero-order valence-electron chi connectivity index (χ0n) is 10.2. The average Bonchev–Trinajstić information content (AvgIpc) is 2.37. The minimum absolute atomic E-state index is 0.0291. The number of hydrogen-bond acceptors (Lipinski definition) is 4. The third-order valence-electron chi connectivity index (χ3n) is 2.41. The number of aliphatic hydroxyl groups is 1. The average molecular weight is 273 g/mol. The van der Waals surface area contributed by atoms with Crippen molar-refractivity contribution in [2.75, 3.05) is 39.1 Å². The summed E-state index contributed by atoms with van der Waals surface area (Å²) in [4.78, 5) is 13.6. The summed E-state index contributed by atoms with van der Waals surface area (Å²) in [5.74, 6) is -0.208. The number of aliphatic hydroxyl groups excluding tert-OH is 1. The molecular weight excluding hydrogens is 256 g/mol. The molecular formula is C12H17ClN2O3. The fraction of sp³-hybridized carbons (Fsp3) is 0.417. The van der Waals surface area contributed by atoms with Gasteiger partial charge >= 0.3 is 0 Å². The van der Waals surface area contributed by atoms with E-state index in [1.807, 2.05) is 0 Å². The second kappa shape index (κ2) is 7.20. The molecule has 100 valence electrons. The Morgan fingerprint density at radius 3 is 2.89 bits per heavy atom. The molecule has 0 radical (unpaired) electrons. The molecule has 0 bridgehead atoms. The molecule has 0 unspecified atom stereocenters. The van der Waals surface area contributed by atoms with Crippen LogP contribution in [0.15, 0.2) is 18.2 Å². The SMILES string of the molecule is CN(CCOCCO)C(=O)c1cccc(N)c1Cl. The second-order valence-corrected chi connectivity index (χ2v) is 4.15. The smallest absolute Gasteiger partial charge is 0.255 e. The Morgan fingerprint density at radius 1 is 1.50 bits per heavy atom. The molecule has 0 saturated carbocycles. The van der Waals surface area contributed by atoms with E-state index in [2.05, 4.69) is 0 Å². The van der Waals surface area contributed by atoms with Gasteiger partial charge in [-0.2, -0.15) is 0 Å². The van der Waals surface area contributed by atoms with Gasteiger partial charge in [0.15, 0.2) is 0 Å². The minimum atomic E-state index is -0.208. The molecule has 0 atom stereocenters. The standard InChI is InChI=1S/C12H17ClN2O3/c1-15(5-7-18-8-6-16)12(17)9-3-2-4-10(14)11(9)13/h2-4,16H,5-8,14H2,1H3. The molecule has 0 aromatic heterocycles. The molecule has 0 heterocycles. The van der Waals surface area contributed by atoms with E-state index in [1.165, 1.54) is 4.90 Å². The zero-order chi connectivity index (χ0) is 13.5. The molecule has 3 N–H and O–H groups in total. The van der Waals surface area contributed by atoms with Gasteiger partial charge in [0.25, 0.3) is 5.91 Å². The molecule has 1 amide bonds. The molecule has 6 heteroatoms. The number of nitrogens with two attached hydrogens (primary N) is 1. The van der Waals surface area contributed by atoms with Gasteiger partial charge in [0.1, 0.15) is 0 Å². The van der Waals surface area contributed by atoms with Gasteiger partial charge in [-0.05, 0) is 12.1 Å². The first kappa shape index (κ1) is 14.8. The van der Waals surface area contributed by atoms with Crippen LogP contribution in [0.3, 0.4) is 0 Å². The fourth-order valence-corrected chi connectivity index (χ4v) is 1.60. The lowest BCUT2D eigenvalue weighted by molar-refractivity contribution is 0.0618. The normalized spacial score (nSPS) is 10.4. The molecule has 0 spiro atoms. The molecule has 0 aliphatic carbocycles. The van der Waals surface area contributed by atoms with Gasteiger partial charge in [0.05, 0.1) is 36.1 Å². The number of rotatable bonds is 6. The Bertz CT molecular complexity index is 412. The summed E-state index contributed by atoms with van der Waals surface area (Å²) >= 11 is 5.98. The highest BCUT2D eigenvalue weighted by Gasteiger charge is 2.15. The van der Waals surface area contributed by atoms with Gasteiger partial charge in [-0.1, -0.05) is 17.7 Å². The monoisotopic (exact) mass is 272 g/mol. The number of ether oxygens (including phenoxy) is 1. The summed E-state index contributed by atoms with van der Waals surface area (Å²) < 4.78 is 5.09. The van der Waals surface area contributed by atoms with Crippen molar-refractivity contribution >= 4 is 23.2 Å². The summed E-state index contributed by atoms with van der Waals surface area (Å²) in [5, 5.41) is 8.82. The third-order valence-corrected chi connectivity index (χ3v) is 2.83. The number of benzene rings is 1. The van der Waals surface area contributed by atoms with Crippen molar-refractivity contribution in [1.29, 1.82) is 0 Å². The van der Waals surface area contributed by atoms with Crippen LogP contribution in [0.5, 0.6) is 0 Å². The Balaban J connectivity index is 2.60. The van der Waals surface area contributed by atoms with Crippen LogP contribution < -0.4 is 5.73 Å². The third kappa shape index (κ3) is 3.87. The number of nitrogen functional groups attached to an aromatic ring is 1. The first-order valence-corrected chi connectivity index (χ1v) is 5.93. The van der Waals surface area contributed by atoms with Crippen LogP contribution in [0, 0.1) is 0 Å². The number of amides is 1. The van der Waals surface area contributed by atoms with Crippen molar-refractivity contribution in [3.05, 3.63) is 28.8 Å². The molecule has 0 aliphatic rings. The summed E-state index contributed by atoms with van der Waals surface area (Å²) in [7, 11) is 1.66. The Morgan fingerprint density at radius 2 is 2.22 bits per heavy atom. The van der Waals surface area contributed by atoms with E-state index in [0.29, 0.717) is 24.4 Å². The number of halogens is 1. The number of carbonyl (C=O) groups excluding carboxylic acids is 1. The van der Waals surface area contributed by atoms with Gasteiger partial charge in [0.2, 0.25) is 0 Å². The van der Waals surface area contributed by atoms with Gasteiger partial charge in [0, 0.05) is 13.6 Å². The summed E-state index contributed by atoms with van der Waals surface area (Å²) in [6, 6.07) is 4.96. The maximum absolute atomic E-state index is 12.1. The lowest BCUT2D eigenvalue weighted by atomic mass is 10.2. The molecule has 0 aliphatic heterocycles. The quantitative estimate of drug-likeness (QED) is 0.598. The maximum atomic E-state index is 12.1. The van der Waals surface area contributed by atoms with Crippen molar-refractivity contribution in [3.63, 3.8) is 0 Å². The molecule has 18 heavy (non-hydrogen) atoms. The molecule has 0 saturated heterocycles. The van der Waals surface area contributed by atoms with Crippen LogP contribution in [0.25, 0.3) is 0 Å². The van der Waals surface area contributed by atoms with E-state index in [1.54, 1.807) is 25.2 Å². The minimum Gasteiger partial charge on any atom is -0.398 e. The van der Waals surface area contributed by atoms with Crippen LogP contribution in [-0.2, 0) is 4.74 Å². The zero-order valence-corrected chi connectivity index (χ0v) is 11.0. The number of anilines is 1. The number of nitrogens with zero attached hydrogens (tertiary/aromatic N) is 1. The van der Waals surface area contributed by atoms with E-state index in [-0.39, 0.29) is 24.1 Å². The van der Waals surface area contributed by atoms with Crippen molar-refractivity contribution in [2.45, 2.75) is 0 Å². The summed E-state index contributed by atoms with van der Waals surface area (Å²) in [5.41, 5.74) is 6.40. The van der Waals surface area contributed by atoms with Crippen molar-refractivity contribution in [2.24, 2.45) is 0 Å². The van der Waals surface area contributed by atoms with E-state index in [4.69, 9.17) is 27.2 Å². The van der Waals surface area contributed by atoms with Crippen molar-refractivity contribution < 1.29 is 14.6 Å². The van der Waals surface area contributed by atoms with Gasteiger partial charge in [-0.15, -0.1) is 0 Å². The van der Waals surface area contributed by atoms with Crippen LogP contribution in [0.4, 0.5) is 5.69 Å². The highest BCUT2D eigenvalue weighted by molar-refractivity contribution is 6.36. The Kier molecular flexibility index (Phi) is 5.91.